The Hall–Kier alpha value is -1.08. The summed E-state index contributed by atoms with van der Waals surface area (Å²) in [5, 5.41) is 7.05. The Bertz CT molecular complexity index is 293. The number of hydrogen-bond donors (Lipinski definition) is 1. The zero-order valence-electron chi connectivity index (χ0n) is 9.20. The summed E-state index contributed by atoms with van der Waals surface area (Å²) < 4.78 is 29.9. The minimum atomic E-state index is -2.40. The molecular weight excluding hydrogens is 218 g/mol. The van der Waals surface area contributed by atoms with Gasteiger partial charge in [0.05, 0.1) is 13.2 Å². The predicted molar refractivity (Wildman–Crippen MR) is 54.2 cm³/mol. The molecule has 0 bridgehead atoms. The van der Waals surface area contributed by atoms with Crippen molar-refractivity contribution in [2.45, 2.75) is 26.4 Å². The second-order valence-electron chi connectivity index (χ2n) is 3.13. The van der Waals surface area contributed by atoms with Gasteiger partial charge in [-0.25, -0.2) is 18.4 Å². The summed E-state index contributed by atoms with van der Waals surface area (Å²) in [5.74, 6) is 0.830. The molecule has 1 rings (SSSR count). The average Bonchev–Trinajstić information content (AvgIpc) is 2.70. The molecule has 5 nitrogen and oxygen atoms in total. The maximum Gasteiger partial charge on any atom is 0.261 e. The third-order valence-electron chi connectivity index (χ3n) is 1.95. The topological polar surface area (TPSA) is 52.0 Å². The molecule has 0 atom stereocenters. The molecule has 1 aromatic rings. The molecule has 0 radical (unpaired) electrons. The highest BCUT2D eigenvalue weighted by Crippen LogP contribution is 1.93. The van der Waals surface area contributed by atoms with Crippen LogP contribution in [0.4, 0.5) is 8.78 Å². The number of hydrogen-bond acceptors (Lipinski definition) is 4. The Balaban J connectivity index is 2.07. The van der Waals surface area contributed by atoms with E-state index < -0.39 is 13.0 Å². The lowest BCUT2D eigenvalue weighted by Gasteiger charge is -2.06. The van der Waals surface area contributed by atoms with E-state index in [1.807, 2.05) is 6.92 Å². The number of aromatic nitrogens is 3. The van der Waals surface area contributed by atoms with Crippen molar-refractivity contribution in [1.29, 1.82) is 0 Å². The molecule has 0 fully saturated rings. The van der Waals surface area contributed by atoms with Gasteiger partial charge in [-0.2, -0.15) is 5.10 Å². The number of ether oxygens (including phenoxy) is 1. The molecule has 7 heteroatoms. The number of halogens is 2. The average molecular weight is 234 g/mol. The van der Waals surface area contributed by atoms with Crippen molar-refractivity contribution in [2.24, 2.45) is 0 Å². The first-order valence-corrected chi connectivity index (χ1v) is 5.17. The van der Waals surface area contributed by atoms with Crippen molar-refractivity contribution in [3.63, 3.8) is 0 Å². The van der Waals surface area contributed by atoms with Gasteiger partial charge in [0.25, 0.3) is 6.43 Å². The van der Waals surface area contributed by atoms with Crippen LogP contribution in [0, 0.1) is 0 Å². The van der Waals surface area contributed by atoms with Crippen LogP contribution >= 0.6 is 0 Å². The van der Waals surface area contributed by atoms with E-state index in [9.17, 15) is 8.78 Å². The fourth-order valence-electron chi connectivity index (χ4n) is 1.21. The summed E-state index contributed by atoms with van der Waals surface area (Å²) in [6.45, 7) is 3.58. The molecule has 0 saturated heterocycles. The lowest BCUT2D eigenvalue weighted by atomic mass is 10.5. The van der Waals surface area contributed by atoms with Crippen LogP contribution in [0.5, 0.6) is 0 Å². The van der Waals surface area contributed by atoms with Crippen molar-refractivity contribution in [1.82, 2.24) is 20.1 Å². The summed E-state index contributed by atoms with van der Waals surface area (Å²) in [7, 11) is 0. The molecule has 0 aliphatic rings. The molecule has 0 aromatic carbocycles. The second-order valence-corrected chi connectivity index (χ2v) is 3.13. The maximum absolute atomic E-state index is 11.7. The van der Waals surface area contributed by atoms with Crippen molar-refractivity contribution >= 4 is 0 Å². The van der Waals surface area contributed by atoms with Gasteiger partial charge in [0.1, 0.15) is 18.8 Å². The Morgan fingerprint density at radius 1 is 1.56 bits per heavy atom. The van der Waals surface area contributed by atoms with E-state index in [0.29, 0.717) is 13.1 Å². The van der Waals surface area contributed by atoms with E-state index >= 15 is 0 Å². The van der Waals surface area contributed by atoms with E-state index in [1.54, 1.807) is 4.68 Å². The summed E-state index contributed by atoms with van der Waals surface area (Å²) in [5.41, 5.74) is 0. The molecule has 1 aromatic heterocycles. The molecule has 1 N–H and O–H groups in total. The molecule has 0 unspecified atom stereocenters. The first kappa shape index (κ1) is 13.0. The lowest BCUT2D eigenvalue weighted by molar-refractivity contribution is 0.0186. The van der Waals surface area contributed by atoms with Gasteiger partial charge in [-0.15, -0.1) is 0 Å². The zero-order valence-corrected chi connectivity index (χ0v) is 9.20. The third kappa shape index (κ3) is 4.63. The smallest absolute Gasteiger partial charge is 0.261 e. The first-order chi connectivity index (χ1) is 7.74. The molecule has 0 aliphatic heterocycles. The fraction of sp³-hybridized carbons (Fsp3) is 0.778. The monoisotopic (exact) mass is 234 g/mol. The fourth-order valence-corrected chi connectivity index (χ4v) is 1.21. The second kappa shape index (κ2) is 7.24. The van der Waals surface area contributed by atoms with Crippen LogP contribution in [0.3, 0.4) is 0 Å². The molecule has 0 spiro atoms. The Labute approximate surface area is 92.8 Å². The van der Waals surface area contributed by atoms with Gasteiger partial charge in [0.15, 0.2) is 0 Å². The standard InChI is InChI=1S/C9H16F2N4O/c1-2-15-9(13-7-14-15)5-12-3-4-16-6-8(10)11/h7-8,12H,2-6H2,1H3. The van der Waals surface area contributed by atoms with Crippen LogP contribution in [-0.2, 0) is 17.8 Å². The zero-order chi connectivity index (χ0) is 11.8. The minimum Gasteiger partial charge on any atom is -0.374 e. The highest BCUT2D eigenvalue weighted by atomic mass is 19.3. The minimum absolute atomic E-state index is 0.268. The van der Waals surface area contributed by atoms with Crippen LogP contribution in [0.2, 0.25) is 0 Å². The number of rotatable bonds is 8. The van der Waals surface area contributed by atoms with Crippen molar-refractivity contribution in [3.05, 3.63) is 12.2 Å². The number of nitrogens with one attached hydrogen (secondary N) is 1. The number of nitrogens with zero attached hydrogens (tertiary/aromatic N) is 3. The van der Waals surface area contributed by atoms with Crippen molar-refractivity contribution in [3.8, 4) is 0 Å². The van der Waals surface area contributed by atoms with Gasteiger partial charge in [-0.05, 0) is 6.92 Å². The van der Waals surface area contributed by atoms with E-state index in [0.717, 1.165) is 12.4 Å². The van der Waals surface area contributed by atoms with E-state index in [-0.39, 0.29) is 6.61 Å². The predicted octanol–water partition coefficient (Wildman–Crippen LogP) is 0.669. The lowest BCUT2D eigenvalue weighted by Crippen LogP contribution is -2.22. The third-order valence-corrected chi connectivity index (χ3v) is 1.95. The normalized spacial score (nSPS) is 11.2. The van der Waals surface area contributed by atoms with Gasteiger partial charge >= 0.3 is 0 Å². The summed E-state index contributed by atoms with van der Waals surface area (Å²) in [4.78, 5) is 4.06. The molecule has 0 aliphatic carbocycles. The van der Waals surface area contributed by atoms with Crippen molar-refractivity contribution in [2.75, 3.05) is 19.8 Å². The molecule has 16 heavy (non-hydrogen) atoms. The van der Waals surface area contributed by atoms with E-state index in [2.05, 4.69) is 15.4 Å². The van der Waals surface area contributed by atoms with Crippen molar-refractivity contribution < 1.29 is 13.5 Å². The van der Waals surface area contributed by atoms with Gasteiger partial charge in [-0.1, -0.05) is 0 Å². The summed E-state index contributed by atoms with van der Waals surface area (Å²) in [6, 6.07) is 0. The van der Waals surface area contributed by atoms with Crippen LogP contribution in [0.15, 0.2) is 6.33 Å². The maximum atomic E-state index is 11.7. The molecule has 0 amide bonds. The van der Waals surface area contributed by atoms with Gasteiger partial charge in [0.2, 0.25) is 0 Å². The summed E-state index contributed by atoms with van der Waals surface area (Å²) in [6.07, 6.45) is -0.906. The molecular formula is C9H16F2N4O. The number of aryl methyl sites for hydroxylation is 1. The van der Waals surface area contributed by atoms with Crippen LogP contribution in [-0.4, -0.2) is 40.9 Å². The van der Waals surface area contributed by atoms with Gasteiger partial charge in [0, 0.05) is 13.1 Å². The Morgan fingerprint density at radius 2 is 2.38 bits per heavy atom. The quantitative estimate of drug-likeness (QED) is 0.672. The van der Waals surface area contributed by atoms with Crippen LogP contribution < -0.4 is 5.32 Å². The van der Waals surface area contributed by atoms with Gasteiger partial charge < -0.3 is 10.1 Å². The molecule has 92 valence electrons. The largest absolute Gasteiger partial charge is 0.374 e. The van der Waals surface area contributed by atoms with Gasteiger partial charge in [-0.3, -0.25) is 0 Å². The van der Waals surface area contributed by atoms with E-state index in [4.69, 9.17) is 4.74 Å². The SMILES string of the molecule is CCn1ncnc1CNCCOCC(F)F. The number of alkyl halides is 2. The summed E-state index contributed by atoms with van der Waals surface area (Å²) >= 11 is 0. The highest BCUT2D eigenvalue weighted by Gasteiger charge is 2.02. The molecule has 0 saturated carbocycles. The Morgan fingerprint density at radius 3 is 3.06 bits per heavy atom. The Kier molecular flexibility index (Phi) is 5.87. The van der Waals surface area contributed by atoms with Crippen LogP contribution in [0.1, 0.15) is 12.7 Å². The van der Waals surface area contributed by atoms with Crippen LogP contribution in [0.25, 0.3) is 0 Å². The first-order valence-electron chi connectivity index (χ1n) is 5.17. The molecule has 1 heterocycles. The highest BCUT2D eigenvalue weighted by molar-refractivity contribution is 4.83. The van der Waals surface area contributed by atoms with E-state index in [1.165, 1.54) is 6.33 Å².